The standard InChI is InChI=1S/C17H21N5O4/c1-11-5-3-4-6-12(11)18-16(24)13-9-15(23)20-17-19-14(21-22(13)17)10-26-8-7-25-2/h3-6,13H,7-10H2,1-2H3,(H,18,24)(H,19,20,21,23)/t13-/m0/s1. The van der Waals surface area contributed by atoms with Crippen LogP contribution in [0.3, 0.4) is 0 Å². The molecule has 1 atom stereocenters. The number of hydrogen-bond donors (Lipinski definition) is 2. The van der Waals surface area contributed by atoms with Crippen molar-refractivity contribution in [3.05, 3.63) is 35.7 Å². The molecule has 138 valence electrons. The van der Waals surface area contributed by atoms with Crippen LogP contribution in [0.5, 0.6) is 0 Å². The Morgan fingerprint density at radius 2 is 2.19 bits per heavy atom. The third-order valence-electron chi connectivity index (χ3n) is 3.97. The molecule has 1 aliphatic heterocycles. The number of anilines is 2. The van der Waals surface area contributed by atoms with E-state index in [0.29, 0.717) is 24.7 Å². The molecule has 9 heteroatoms. The Balaban J connectivity index is 1.75. The number of aromatic nitrogens is 3. The highest BCUT2D eigenvalue weighted by atomic mass is 16.5. The van der Waals surface area contributed by atoms with E-state index in [2.05, 4.69) is 20.7 Å². The van der Waals surface area contributed by atoms with Gasteiger partial charge in [-0.05, 0) is 18.6 Å². The van der Waals surface area contributed by atoms with Crippen molar-refractivity contribution in [1.82, 2.24) is 14.8 Å². The molecule has 0 bridgehead atoms. The second-order valence-corrected chi connectivity index (χ2v) is 5.91. The molecule has 0 radical (unpaired) electrons. The number of carbonyl (C=O) groups excluding carboxylic acids is 2. The zero-order valence-corrected chi connectivity index (χ0v) is 14.7. The Hall–Kier alpha value is -2.78. The third-order valence-corrected chi connectivity index (χ3v) is 3.97. The SMILES string of the molecule is COCCOCc1nc2n(n1)[C@H](C(=O)Nc1ccccc1C)CC(=O)N2. The van der Waals surface area contributed by atoms with Gasteiger partial charge in [-0.2, -0.15) is 10.1 Å². The molecule has 1 aliphatic rings. The summed E-state index contributed by atoms with van der Waals surface area (Å²) >= 11 is 0. The van der Waals surface area contributed by atoms with Gasteiger partial charge >= 0.3 is 0 Å². The lowest BCUT2D eigenvalue weighted by atomic mass is 10.1. The second kappa shape index (κ2) is 8.07. The molecule has 2 amide bonds. The normalized spacial score (nSPS) is 16.1. The van der Waals surface area contributed by atoms with E-state index in [0.717, 1.165) is 5.56 Å². The van der Waals surface area contributed by atoms with Crippen molar-refractivity contribution in [3.8, 4) is 0 Å². The molecular weight excluding hydrogens is 338 g/mol. The lowest BCUT2D eigenvalue weighted by Gasteiger charge is -2.22. The monoisotopic (exact) mass is 359 g/mol. The molecule has 9 nitrogen and oxygen atoms in total. The van der Waals surface area contributed by atoms with Gasteiger partial charge in [0.05, 0.1) is 19.6 Å². The van der Waals surface area contributed by atoms with Crippen molar-refractivity contribution in [3.63, 3.8) is 0 Å². The van der Waals surface area contributed by atoms with Crippen molar-refractivity contribution in [1.29, 1.82) is 0 Å². The van der Waals surface area contributed by atoms with Crippen molar-refractivity contribution < 1.29 is 19.1 Å². The predicted octanol–water partition coefficient (Wildman–Crippen LogP) is 1.27. The van der Waals surface area contributed by atoms with Crippen LogP contribution in [0.25, 0.3) is 0 Å². The first kappa shape index (κ1) is 18.0. The molecule has 0 unspecified atom stereocenters. The average molecular weight is 359 g/mol. The Morgan fingerprint density at radius 3 is 2.96 bits per heavy atom. The summed E-state index contributed by atoms with van der Waals surface area (Å²) in [6.45, 7) is 2.95. The number of fused-ring (bicyclic) bond motifs is 1. The van der Waals surface area contributed by atoms with Crippen LogP contribution in [0.2, 0.25) is 0 Å². The van der Waals surface area contributed by atoms with E-state index in [-0.39, 0.29) is 30.8 Å². The predicted molar refractivity (Wildman–Crippen MR) is 93.6 cm³/mol. The van der Waals surface area contributed by atoms with Crippen LogP contribution < -0.4 is 10.6 Å². The van der Waals surface area contributed by atoms with Gasteiger partial charge in [-0.25, -0.2) is 4.68 Å². The number of carbonyl (C=O) groups is 2. The summed E-state index contributed by atoms with van der Waals surface area (Å²) in [4.78, 5) is 28.9. The molecule has 0 saturated heterocycles. The second-order valence-electron chi connectivity index (χ2n) is 5.91. The van der Waals surface area contributed by atoms with Crippen LogP contribution in [0.4, 0.5) is 11.6 Å². The summed E-state index contributed by atoms with van der Waals surface area (Å²) in [5.41, 5.74) is 1.64. The molecule has 0 aliphatic carbocycles. The molecule has 2 heterocycles. The maximum absolute atomic E-state index is 12.7. The molecular formula is C17H21N5O4. The van der Waals surface area contributed by atoms with Crippen LogP contribution in [-0.2, 0) is 25.7 Å². The van der Waals surface area contributed by atoms with Gasteiger partial charge in [0.2, 0.25) is 17.8 Å². The van der Waals surface area contributed by atoms with Gasteiger partial charge in [0.15, 0.2) is 5.82 Å². The van der Waals surface area contributed by atoms with Crippen LogP contribution in [0.15, 0.2) is 24.3 Å². The highest BCUT2D eigenvalue weighted by Crippen LogP contribution is 2.25. The lowest BCUT2D eigenvalue weighted by Crippen LogP contribution is -2.36. The van der Waals surface area contributed by atoms with Gasteiger partial charge in [-0.15, -0.1) is 0 Å². The van der Waals surface area contributed by atoms with Crippen LogP contribution in [-0.4, -0.2) is 46.9 Å². The number of amides is 2. The Kier molecular flexibility index (Phi) is 5.59. The van der Waals surface area contributed by atoms with Gasteiger partial charge in [-0.1, -0.05) is 18.2 Å². The van der Waals surface area contributed by atoms with E-state index >= 15 is 0 Å². The molecule has 1 aromatic heterocycles. The van der Waals surface area contributed by atoms with E-state index in [9.17, 15) is 9.59 Å². The van der Waals surface area contributed by atoms with E-state index in [4.69, 9.17) is 9.47 Å². The van der Waals surface area contributed by atoms with Crippen LogP contribution >= 0.6 is 0 Å². The molecule has 2 N–H and O–H groups in total. The summed E-state index contributed by atoms with van der Waals surface area (Å²) in [7, 11) is 1.59. The summed E-state index contributed by atoms with van der Waals surface area (Å²) in [5, 5.41) is 9.80. The fourth-order valence-corrected chi connectivity index (χ4v) is 2.61. The zero-order valence-electron chi connectivity index (χ0n) is 14.7. The molecule has 0 spiro atoms. The quantitative estimate of drug-likeness (QED) is 0.721. The summed E-state index contributed by atoms with van der Waals surface area (Å²) in [6.07, 6.45) is -0.00194. The number of ether oxygens (including phenoxy) is 2. The van der Waals surface area contributed by atoms with Crippen molar-refractivity contribution in [2.75, 3.05) is 31.0 Å². The number of benzene rings is 1. The number of aryl methyl sites for hydroxylation is 1. The summed E-state index contributed by atoms with van der Waals surface area (Å²) in [5.74, 6) is 0.0531. The van der Waals surface area contributed by atoms with Gasteiger partial charge in [-0.3, -0.25) is 14.9 Å². The van der Waals surface area contributed by atoms with E-state index in [1.165, 1.54) is 4.68 Å². The first-order chi connectivity index (χ1) is 12.6. The van der Waals surface area contributed by atoms with Crippen molar-refractivity contribution in [2.45, 2.75) is 26.0 Å². The molecule has 1 aromatic carbocycles. The third kappa shape index (κ3) is 4.06. The fraction of sp³-hybridized carbons (Fsp3) is 0.412. The minimum atomic E-state index is -0.765. The molecule has 0 fully saturated rings. The Labute approximate surface area is 150 Å². The Bertz CT molecular complexity index is 804. The topological polar surface area (TPSA) is 107 Å². The average Bonchev–Trinajstić information content (AvgIpc) is 3.02. The number of nitrogens with zero attached hydrogens (tertiary/aromatic N) is 3. The minimum Gasteiger partial charge on any atom is -0.382 e. The van der Waals surface area contributed by atoms with Crippen LogP contribution in [0, 0.1) is 6.92 Å². The Morgan fingerprint density at radius 1 is 1.38 bits per heavy atom. The minimum absolute atomic E-state index is 0.00194. The highest BCUT2D eigenvalue weighted by Gasteiger charge is 2.33. The molecule has 26 heavy (non-hydrogen) atoms. The van der Waals surface area contributed by atoms with Crippen LogP contribution in [0.1, 0.15) is 23.9 Å². The van der Waals surface area contributed by atoms with Crippen molar-refractivity contribution >= 4 is 23.5 Å². The first-order valence-corrected chi connectivity index (χ1v) is 8.27. The fourth-order valence-electron chi connectivity index (χ4n) is 2.61. The van der Waals surface area contributed by atoms with Gasteiger partial charge in [0.1, 0.15) is 12.6 Å². The summed E-state index contributed by atoms with van der Waals surface area (Å²) < 4.78 is 11.7. The first-order valence-electron chi connectivity index (χ1n) is 8.27. The maximum Gasteiger partial charge on any atom is 0.249 e. The largest absolute Gasteiger partial charge is 0.382 e. The molecule has 3 rings (SSSR count). The van der Waals surface area contributed by atoms with Gasteiger partial charge in [0, 0.05) is 12.8 Å². The number of methoxy groups -OCH3 is 1. The van der Waals surface area contributed by atoms with Gasteiger partial charge < -0.3 is 14.8 Å². The van der Waals surface area contributed by atoms with E-state index in [1.54, 1.807) is 7.11 Å². The number of hydrogen-bond acceptors (Lipinski definition) is 6. The van der Waals surface area contributed by atoms with E-state index in [1.807, 2.05) is 31.2 Å². The number of para-hydroxylation sites is 1. The molecule has 2 aromatic rings. The number of nitrogens with one attached hydrogen (secondary N) is 2. The number of rotatable bonds is 7. The lowest BCUT2D eigenvalue weighted by molar-refractivity contribution is -0.125. The maximum atomic E-state index is 12.7. The highest BCUT2D eigenvalue weighted by molar-refractivity contribution is 6.01. The zero-order chi connectivity index (χ0) is 18.5. The molecule has 0 saturated carbocycles. The van der Waals surface area contributed by atoms with Gasteiger partial charge in [0.25, 0.3) is 0 Å². The van der Waals surface area contributed by atoms with E-state index < -0.39 is 6.04 Å². The summed E-state index contributed by atoms with van der Waals surface area (Å²) in [6, 6.07) is 6.68. The smallest absolute Gasteiger partial charge is 0.249 e. The van der Waals surface area contributed by atoms with Crippen molar-refractivity contribution in [2.24, 2.45) is 0 Å².